The summed E-state index contributed by atoms with van der Waals surface area (Å²) in [4.78, 5) is 45.6. The van der Waals surface area contributed by atoms with Crippen molar-refractivity contribution in [1.29, 1.82) is 5.26 Å². The molecule has 0 unspecified atom stereocenters. The van der Waals surface area contributed by atoms with Crippen molar-refractivity contribution in [3.05, 3.63) is 89.0 Å². The van der Waals surface area contributed by atoms with Crippen molar-refractivity contribution >= 4 is 29.1 Å². The number of amides is 3. The average Bonchev–Trinajstić information content (AvgIpc) is 3.32. The number of nitriles is 1. The average molecular weight is 581 g/mol. The molecule has 0 bridgehead atoms. The molecule has 3 aromatic carbocycles. The summed E-state index contributed by atoms with van der Waals surface area (Å²) in [7, 11) is 1.62. The Balaban J connectivity index is 1.34. The Hall–Kier alpha value is -4.88. The molecule has 2 aliphatic heterocycles. The fourth-order valence-electron chi connectivity index (χ4n) is 5.42. The van der Waals surface area contributed by atoms with E-state index in [0.717, 1.165) is 36.5 Å². The largest absolute Gasteiger partial charge is 0.497 e. The molecule has 3 aromatic rings. The van der Waals surface area contributed by atoms with Crippen LogP contribution in [0.2, 0.25) is 0 Å². The minimum absolute atomic E-state index is 0.0679. The fraction of sp³-hybridized carbons (Fsp3) is 0.333. The minimum Gasteiger partial charge on any atom is -0.497 e. The van der Waals surface area contributed by atoms with E-state index in [2.05, 4.69) is 21.6 Å². The summed E-state index contributed by atoms with van der Waals surface area (Å²) in [5.74, 6) is 0.416. The number of rotatable bonds is 7. The maximum atomic E-state index is 13.3. The highest BCUT2D eigenvalue weighted by Gasteiger charge is 2.24. The van der Waals surface area contributed by atoms with Gasteiger partial charge in [-0.2, -0.15) is 5.26 Å². The molecule has 10 nitrogen and oxygen atoms in total. The number of carbonyl (C=O) groups is 3. The van der Waals surface area contributed by atoms with E-state index in [1.807, 2.05) is 46.2 Å². The van der Waals surface area contributed by atoms with Gasteiger partial charge in [0.15, 0.2) is 0 Å². The van der Waals surface area contributed by atoms with Gasteiger partial charge < -0.3 is 30.1 Å². The number of benzene rings is 3. The molecule has 43 heavy (non-hydrogen) atoms. The minimum atomic E-state index is -0.330. The lowest BCUT2D eigenvalue weighted by Gasteiger charge is -2.29. The Morgan fingerprint density at radius 2 is 1.58 bits per heavy atom. The van der Waals surface area contributed by atoms with Crippen molar-refractivity contribution in [3.8, 4) is 11.8 Å². The third-order valence-corrected chi connectivity index (χ3v) is 7.88. The van der Waals surface area contributed by atoms with Crippen LogP contribution in [0.3, 0.4) is 0 Å². The SMILES string of the molecule is COc1ccc(CC(=O)N2CCCN(c3ccc(C(=O)N4CCNCC4)cc3NC(=O)c3ccc(C#N)cc3)CC2)cc1. The topological polar surface area (TPSA) is 118 Å². The Bertz CT molecular complexity index is 1490. The molecule has 2 aliphatic rings. The van der Waals surface area contributed by atoms with Crippen molar-refractivity contribution in [2.24, 2.45) is 0 Å². The molecule has 2 saturated heterocycles. The Morgan fingerprint density at radius 1 is 0.860 bits per heavy atom. The van der Waals surface area contributed by atoms with Crippen LogP contribution in [0.4, 0.5) is 11.4 Å². The second kappa shape index (κ2) is 13.9. The molecule has 5 rings (SSSR count). The van der Waals surface area contributed by atoms with Gasteiger partial charge in [-0.25, -0.2) is 0 Å². The van der Waals surface area contributed by atoms with Crippen molar-refractivity contribution in [2.45, 2.75) is 12.8 Å². The van der Waals surface area contributed by atoms with Crippen LogP contribution in [0, 0.1) is 11.3 Å². The fourth-order valence-corrected chi connectivity index (χ4v) is 5.42. The van der Waals surface area contributed by atoms with Crippen LogP contribution in [0.1, 0.15) is 38.3 Å². The first-order valence-electron chi connectivity index (χ1n) is 14.6. The first-order valence-corrected chi connectivity index (χ1v) is 14.6. The van der Waals surface area contributed by atoms with Crippen LogP contribution in [-0.2, 0) is 11.2 Å². The number of piperazine rings is 1. The van der Waals surface area contributed by atoms with Crippen LogP contribution in [0.15, 0.2) is 66.7 Å². The smallest absolute Gasteiger partial charge is 0.255 e. The monoisotopic (exact) mass is 580 g/mol. The molecule has 0 aliphatic carbocycles. The first kappa shape index (κ1) is 29.6. The van der Waals surface area contributed by atoms with Crippen molar-refractivity contribution in [3.63, 3.8) is 0 Å². The van der Waals surface area contributed by atoms with Gasteiger partial charge in [0.1, 0.15) is 5.75 Å². The molecule has 2 fully saturated rings. The second-order valence-corrected chi connectivity index (χ2v) is 10.7. The molecule has 2 N–H and O–H groups in total. The van der Waals surface area contributed by atoms with Crippen LogP contribution in [0.25, 0.3) is 0 Å². The standard InChI is InChI=1S/C33H36N6O4/c1-43-28-10-5-24(6-11-28)21-31(40)38-16-2-15-37(19-20-38)30-12-9-27(33(42)39-17-13-35-14-18-39)22-29(30)36-32(41)26-7-3-25(23-34)4-8-26/h3-12,22,35H,2,13-21H2,1H3,(H,36,41). The number of ether oxygens (including phenoxy) is 1. The third kappa shape index (κ3) is 7.31. The van der Waals surface area contributed by atoms with Gasteiger partial charge in [-0.1, -0.05) is 12.1 Å². The van der Waals surface area contributed by atoms with E-state index in [-0.39, 0.29) is 17.7 Å². The van der Waals surface area contributed by atoms with E-state index in [1.165, 1.54) is 0 Å². The number of carbonyl (C=O) groups excluding carboxylic acids is 3. The summed E-state index contributed by atoms with van der Waals surface area (Å²) < 4.78 is 5.22. The Labute approximate surface area is 251 Å². The Kier molecular flexibility index (Phi) is 9.54. The molecule has 2 heterocycles. The van der Waals surface area contributed by atoms with Crippen LogP contribution in [0.5, 0.6) is 5.75 Å². The van der Waals surface area contributed by atoms with Gasteiger partial charge >= 0.3 is 0 Å². The maximum absolute atomic E-state index is 13.3. The van der Waals surface area contributed by atoms with Crippen molar-refractivity contribution in [1.82, 2.24) is 15.1 Å². The van der Waals surface area contributed by atoms with Gasteiger partial charge in [-0.3, -0.25) is 14.4 Å². The van der Waals surface area contributed by atoms with Crippen LogP contribution >= 0.6 is 0 Å². The molecular weight excluding hydrogens is 544 g/mol. The highest BCUT2D eigenvalue weighted by molar-refractivity contribution is 6.07. The number of hydrogen-bond acceptors (Lipinski definition) is 7. The van der Waals surface area contributed by atoms with E-state index < -0.39 is 0 Å². The zero-order chi connectivity index (χ0) is 30.2. The predicted molar refractivity (Wildman–Crippen MR) is 164 cm³/mol. The summed E-state index contributed by atoms with van der Waals surface area (Å²) in [6.45, 7) is 5.19. The van der Waals surface area contributed by atoms with Gasteiger partial charge in [-0.15, -0.1) is 0 Å². The van der Waals surface area contributed by atoms with E-state index in [1.54, 1.807) is 37.4 Å². The van der Waals surface area contributed by atoms with E-state index in [9.17, 15) is 14.4 Å². The number of anilines is 2. The van der Waals surface area contributed by atoms with Gasteiger partial charge in [0.2, 0.25) is 5.91 Å². The predicted octanol–water partition coefficient (Wildman–Crippen LogP) is 3.15. The molecule has 0 spiro atoms. The third-order valence-electron chi connectivity index (χ3n) is 7.88. The molecule has 0 saturated carbocycles. The maximum Gasteiger partial charge on any atom is 0.255 e. The summed E-state index contributed by atoms with van der Waals surface area (Å²) in [5.41, 5.74) is 3.65. The van der Waals surface area contributed by atoms with Crippen LogP contribution in [-0.4, -0.2) is 87.0 Å². The van der Waals surface area contributed by atoms with Crippen molar-refractivity contribution < 1.29 is 19.1 Å². The normalized spacial score (nSPS) is 15.3. The zero-order valence-electron chi connectivity index (χ0n) is 24.3. The zero-order valence-corrected chi connectivity index (χ0v) is 24.3. The molecule has 0 radical (unpaired) electrons. The number of nitrogens with one attached hydrogen (secondary N) is 2. The highest BCUT2D eigenvalue weighted by atomic mass is 16.5. The Morgan fingerprint density at radius 3 is 2.28 bits per heavy atom. The van der Waals surface area contributed by atoms with Gasteiger partial charge in [0.05, 0.1) is 36.5 Å². The van der Waals surface area contributed by atoms with Gasteiger partial charge in [0.25, 0.3) is 11.8 Å². The molecule has 222 valence electrons. The van der Waals surface area contributed by atoms with E-state index >= 15 is 0 Å². The first-order chi connectivity index (χ1) is 20.9. The summed E-state index contributed by atoms with van der Waals surface area (Å²) in [6.07, 6.45) is 1.08. The number of nitrogens with zero attached hydrogens (tertiary/aromatic N) is 4. The lowest BCUT2D eigenvalue weighted by molar-refractivity contribution is -0.130. The number of methoxy groups -OCH3 is 1. The summed E-state index contributed by atoms with van der Waals surface area (Å²) in [5, 5.41) is 15.4. The molecule has 0 aromatic heterocycles. The van der Waals surface area contributed by atoms with E-state index in [0.29, 0.717) is 68.1 Å². The second-order valence-electron chi connectivity index (χ2n) is 10.7. The molecule has 3 amide bonds. The van der Waals surface area contributed by atoms with Gasteiger partial charge in [0, 0.05) is 63.5 Å². The highest BCUT2D eigenvalue weighted by Crippen LogP contribution is 2.30. The summed E-state index contributed by atoms with van der Waals surface area (Å²) >= 11 is 0. The molecule has 10 heteroatoms. The lowest BCUT2D eigenvalue weighted by atomic mass is 10.1. The van der Waals surface area contributed by atoms with Crippen LogP contribution < -0.4 is 20.3 Å². The number of hydrogen-bond donors (Lipinski definition) is 2. The van der Waals surface area contributed by atoms with Gasteiger partial charge in [-0.05, 0) is 66.6 Å². The quantitative estimate of drug-likeness (QED) is 0.441. The summed E-state index contributed by atoms with van der Waals surface area (Å²) in [6, 6.07) is 21.5. The lowest BCUT2D eigenvalue weighted by Crippen LogP contribution is -2.46. The molecule has 0 atom stereocenters. The van der Waals surface area contributed by atoms with Crippen molar-refractivity contribution in [2.75, 3.05) is 69.7 Å². The molecular formula is C33H36N6O4. The van der Waals surface area contributed by atoms with E-state index in [4.69, 9.17) is 10.00 Å².